The van der Waals surface area contributed by atoms with Gasteiger partial charge in [0.05, 0.1) is 22.0 Å². The molecule has 27 heavy (non-hydrogen) atoms. The standard InChI is InChI=1S/C20H21N5O2/c21-19(27)15-10-23-9-14-13-3-1-2-4-16(13)25(18(14)15)24-8-5-17(26)20(12-24)6-7-22-11-20/h1-4,9-10,22H,5-8,11-12H2,(H2,21,27)/t20-/m1/s1. The molecule has 2 fully saturated rings. The van der Waals surface area contributed by atoms with E-state index >= 15 is 0 Å². The van der Waals surface area contributed by atoms with Crippen molar-refractivity contribution < 1.29 is 9.59 Å². The van der Waals surface area contributed by atoms with Crippen LogP contribution in [0.5, 0.6) is 0 Å². The zero-order valence-electron chi connectivity index (χ0n) is 14.9. The van der Waals surface area contributed by atoms with Crippen LogP contribution in [0.15, 0.2) is 36.7 Å². The lowest BCUT2D eigenvalue weighted by Gasteiger charge is -2.41. The van der Waals surface area contributed by atoms with E-state index in [1.165, 1.54) is 6.20 Å². The Morgan fingerprint density at radius 2 is 2.07 bits per heavy atom. The van der Waals surface area contributed by atoms with Gasteiger partial charge in [-0.05, 0) is 19.0 Å². The molecule has 5 rings (SSSR count). The smallest absolute Gasteiger partial charge is 0.252 e. The summed E-state index contributed by atoms with van der Waals surface area (Å²) in [6.45, 7) is 2.83. The number of aromatic nitrogens is 2. The molecule has 0 unspecified atom stereocenters. The predicted molar refractivity (Wildman–Crippen MR) is 103 cm³/mol. The lowest BCUT2D eigenvalue weighted by atomic mass is 9.78. The number of carbonyl (C=O) groups is 2. The molecule has 1 atom stereocenters. The second-order valence-electron chi connectivity index (χ2n) is 7.54. The second kappa shape index (κ2) is 5.79. The molecular weight excluding hydrogens is 342 g/mol. The van der Waals surface area contributed by atoms with E-state index in [1.54, 1.807) is 6.20 Å². The lowest BCUT2D eigenvalue weighted by Crippen LogP contribution is -2.54. The van der Waals surface area contributed by atoms with Crippen molar-refractivity contribution >= 4 is 33.5 Å². The van der Waals surface area contributed by atoms with Crippen LogP contribution in [0, 0.1) is 5.41 Å². The topological polar surface area (TPSA) is 93.2 Å². The Bertz CT molecular complexity index is 1080. The quantitative estimate of drug-likeness (QED) is 0.713. The van der Waals surface area contributed by atoms with Gasteiger partial charge < -0.3 is 16.1 Å². The molecule has 3 N–H and O–H groups in total. The molecule has 138 valence electrons. The van der Waals surface area contributed by atoms with Gasteiger partial charge in [0, 0.05) is 49.2 Å². The molecule has 2 aromatic heterocycles. The van der Waals surface area contributed by atoms with E-state index in [1.807, 2.05) is 24.3 Å². The van der Waals surface area contributed by atoms with E-state index in [0.717, 1.165) is 34.8 Å². The van der Waals surface area contributed by atoms with Gasteiger partial charge in [0.25, 0.3) is 5.91 Å². The number of nitrogens with zero attached hydrogens (tertiary/aromatic N) is 3. The number of carbonyl (C=O) groups excluding carboxylic acids is 2. The summed E-state index contributed by atoms with van der Waals surface area (Å²) in [5, 5.41) is 7.47. The first-order valence-corrected chi connectivity index (χ1v) is 9.27. The summed E-state index contributed by atoms with van der Waals surface area (Å²) in [4.78, 5) is 29.0. The largest absolute Gasteiger partial charge is 0.365 e. The summed E-state index contributed by atoms with van der Waals surface area (Å²) >= 11 is 0. The molecule has 0 bridgehead atoms. The fourth-order valence-corrected chi connectivity index (χ4v) is 4.66. The number of hydrogen-bond donors (Lipinski definition) is 2. The van der Waals surface area contributed by atoms with Crippen LogP contribution >= 0.6 is 0 Å². The number of Topliss-reactive ketones (excluding diaryl/α,β-unsaturated/α-hetero) is 1. The van der Waals surface area contributed by atoms with E-state index in [4.69, 9.17) is 5.73 Å². The number of benzene rings is 1. The minimum atomic E-state index is -0.498. The van der Waals surface area contributed by atoms with Crippen LogP contribution in [0.25, 0.3) is 21.8 Å². The van der Waals surface area contributed by atoms with Crippen molar-refractivity contribution in [1.29, 1.82) is 0 Å². The first-order chi connectivity index (χ1) is 13.1. The van der Waals surface area contributed by atoms with Gasteiger partial charge in [-0.3, -0.25) is 19.2 Å². The van der Waals surface area contributed by atoms with Crippen molar-refractivity contribution in [1.82, 2.24) is 15.0 Å². The summed E-state index contributed by atoms with van der Waals surface area (Å²) in [6, 6.07) is 8.03. The van der Waals surface area contributed by atoms with E-state index in [9.17, 15) is 9.59 Å². The number of nitrogens with two attached hydrogens (primary N) is 1. The first kappa shape index (κ1) is 16.3. The molecule has 0 radical (unpaired) electrons. The van der Waals surface area contributed by atoms with Crippen molar-refractivity contribution in [2.75, 3.05) is 31.2 Å². The third-order valence-electron chi connectivity index (χ3n) is 6.02. The number of piperidine rings is 1. The Kier molecular flexibility index (Phi) is 3.48. The molecule has 4 heterocycles. The molecule has 7 nitrogen and oxygen atoms in total. The second-order valence-corrected chi connectivity index (χ2v) is 7.54. The number of hydrogen-bond acceptors (Lipinski definition) is 5. The van der Waals surface area contributed by atoms with Crippen LogP contribution in [-0.2, 0) is 4.79 Å². The van der Waals surface area contributed by atoms with Gasteiger partial charge in [-0.25, -0.2) is 0 Å². The van der Waals surface area contributed by atoms with E-state index in [-0.39, 0.29) is 5.41 Å². The Balaban J connectivity index is 1.76. The number of fused-ring (bicyclic) bond motifs is 3. The highest BCUT2D eigenvalue weighted by molar-refractivity contribution is 6.15. The number of para-hydroxylation sites is 1. The van der Waals surface area contributed by atoms with Crippen LogP contribution in [0.1, 0.15) is 23.2 Å². The first-order valence-electron chi connectivity index (χ1n) is 9.27. The number of rotatable bonds is 2. The van der Waals surface area contributed by atoms with Crippen LogP contribution in [0.4, 0.5) is 0 Å². The van der Waals surface area contributed by atoms with Crippen molar-refractivity contribution in [3.63, 3.8) is 0 Å². The van der Waals surface area contributed by atoms with Gasteiger partial charge >= 0.3 is 0 Å². The van der Waals surface area contributed by atoms with Gasteiger partial charge in [-0.2, -0.15) is 0 Å². The maximum atomic E-state index is 12.7. The normalized spacial score (nSPS) is 23.0. The fourth-order valence-electron chi connectivity index (χ4n) is 4.66. The molecule has 7 heteroatoms. The number of amides is 1. The van der Waals surface area contributed by atoms with Crippen LogP contribution in [0.3, 0.4) is 0 Å². The van der Waals surface area contributed by atoms with Gasteiger partial charge in [-0.1, -0.05) is 18.2 Å². The summed E-state index contributed by atoms with van der Waals surface area (Å²) in [7, 11) is 0. The van der Waals surface area contributed by atoms with Gasteiger partial charge in [0.15, 0.2) is 0 Å². The Morgan fingerprint density at radius 3 is 2.85 bits per heavy atom. The molecule has 1 spiro atoms. The van der Waals surface area contributed by atoms with Crippen molar-refractivity contribution in [3.05, 3.63) is 42.2 Å². The molecule has 3 aromatic rings. The molecule has 1 amide bonds. The van der Waals surface area contributed by atoms with Gasteiger partial charge in [0.1, 0.15) is 5.78 Å². The SMILES string of the molecule is NC(=O)c1cncc2c3ccccc3n(N3CCC(=O)[C@@]4(CCNC4)C3)c12. The summed E-state index contributed by atoms with van der Waals surface area (Å²) < 4.78 is 2.08. The van der Waals surface area contributed by atoms with Gasteiger partial charge in [-0.15, -0.1) is 0 Å². The Labute approximate surface area is 156 Å². The zero-order valence-corrected chi connectivity index (χ0v) is 14.9. The number of primary amides is 1. The maximum Gasteiger partial charge on any atom is 0.252 e. The summed E-state index contributed by atoms with van der Waals surface area (Å²) in [5.74, 6) is -0.163. The average Bonchev–Trinajstić information content (AvgIpc) is 3.27. The highest BCUT2D eigenvalue weighted by Crippen LogP contribution is 2.36. The number of nitrogens with one attached hydrogen (secondary N) is 1. The minimum absolute atomic E-state index is 0.335. The molecular formula is C20H21N5O2. The third-order valence-corrected chi connectivity index (χ3v) is 6.02. The average molecular weight is 363 g/mol. The zero-order chi connectivity index (χ0) is 18.6. The van der Waals surface area contributed by atoms with E-state index < -0.39 is 5.91 Å². The lowest BCUT2D eigenvalue weighted by molar-refractivity contribution is -0.128. The summed E-state index contributed by atoms with van der Waals surface area (Å²) in [5.41, 5.74) is 7.48. The van der Waals surface area contributed by atoms with Crippen LogP contribution < -0.4 is 16.1 Å². The number of ketones is 1. The molecule has 2 aliphatic rings. The summed E-state index contributed by atoms with van der Waals surface area (Å²) in [6.07, 6.45) is 4.67. The molecule has 2 aliphatic heterocycles. The Hall–Kier alpha value is -2.93. The van der Waals surface area contributed by atoms with Crippen LogP contribution in [0.2, 0.25) is 0 Å². The third kappa shape index (κ3) is 2.28. The van der Waals surface area contributed by atoms with Crippen molar-refractivity contribution in [2.24, 2.45) is 11.1 Å². The van der Waals surface area contributed by atoms with E-state index in [2.05, 4.69) is 20.0 Å². The molecule has 2 saturated heterocycles. The molecule has 0 saturated carbocycles. The molecule has 1 aromatic carbocycles. The molecule has 0 aliphatic carbocycles. The van der Waals surface area contributed by atoms with E-state index in [0.29, 0.717) is 37.4 Å². The highest BCUT2D eigenvalue weighted by atomic mass is 16.1. The predicted octanol–water partition coefficient (Wildman–Crippen LogP) is 1.18. The van der Waals surface area contributed by atoms with Crippen molar-refractivity contribution in [2.45, 2.75) is 12.8 Å². The fraction of sp³-hybridized carbons (Fsp3) is 0.350. The maximum absolute atomic E-state index is 12.7. The Morgan fingerprint density at radius 1 is 1.22 bits per heavy atom. The monoisotopic (exact) mass is 363 g/mol. The van der Waals surface area contributed by atoms with Gasteiger partial charge in [0.2, 0.25) is 0 Å². The van der Waals surface area contributed by atoms with Crippen molar-refractivity contribution in [3.8, 4) is 0 Å². The number of pyridine rings is 1. The highest BCUT2D eigenvalue weighted by Gasteiger charge is 2.45. The minimum Gasteiger partial charge on any atom is -0.365 e. The van der Waals surface area contributed by atoms with Crippen LogP contribution in [-0.4, -0.2) is 47.5 Å².